The minimum atomic E-state index is 1.13. The summed E-state index contributed by atoms with van der Waals surface area (Å²) in [4.78, 5) is 4.77. The summed E-state index contributed by atoms with van der Waals surface area (Å²) in [6.45, 7) is 8.84. The predicted molar refractivity (Wildman–Crippen MR) is 231 cm³/mol. The molecule has 0 bridgehead atoms. The Balaban J connectivity index is 1.18. The quantitative estimate of drug-likeness (QED) is 0.148. The van der Waals surface area contributed by atoms with Crippen molar-refractivity contribution < 1.29 is 0 Å². The largest absolute Gasteiger partial charge is 0.310 e. The molecule has 54 heavy (non-hydrogen) atoms. The molecule has 8 aromatic carbocycles. The Morgan fingerprint density at radius 2 is 0.611 bits per heavy atom. The summed E-state index contributed by atoms with van der Waals surface area (Å²) in [6.07, 6.45) is 0. The number of anilines is 6. The minimum Gasteiger partial charge on any atom is -0.310 e. The first-order valence-corrected chi connectivity index (χ1v) is 18.7. The lowest BCUT2D eigenvalue weighted by Crippen LogP contribution is -2.12. The van der Waals surface area contributed by atoms with Crippen LogP contribution in [0.5, 0.6) is 0 Å². The van der Waals surface area contributed by atoms with E-state index in [0.717, 1.165) is 22.7 Å². The van der Waals surface area contributed by atoms with Gasteiger partial charge in [-0.1, -0.05) is 133 Å². The average Bonchev–Trinajstić information content (AvgIpc) is 3.21. The fourth-order valence-corrected chi connectivity index (χ4v) is 7.57. The highest BCUT2D eigenvalue weighted by Crippen LogP contribution is 2.43. The van der Waals surface area contributed by atoms with E-state index in [1.165, 1.54) is 67.0 Å². The number of para-hydroxylation sites is 2. The highest BCUT2D eigenvalue weighted by molar-refractivity contribution is 5.86. The fraction of sp³-hybridized carbons (Fsp3) is 0.0769. The predicted octanol–water partition coefficient (Wildman–Crippen LogP) is 14.9. The van der Waals surface area contributed by atoms with Gasteiger partial charge in [-0.25, -0.2) is 0 Å². The molecule has 0 saturated carbocycles. The van der Waals surface area contributed by atoms with Crippen molar-refractivity contribution in [2.75, 3.05) is 9.80 Å². The lowest BCUT2D eigenvalue weighted by molar-refractivity contribution is 1.23. The van der Waals surface area contributed by atoms with E-state index in [-0.39, 0.29) is 0 Å². The number of nitrogens with zero attached hydrogens (tertiary/aromatic N) is 2. The Hall–Kier alpha value is -6.64. The van der Waals surface area contributed by atoms with Crippen molar-refractivity contribution in [3.63, 3.8) is 0 Å². The number of rotatable bonds is 9. The molecule has 0 unspecified atom stereocenters. The van der Waals surface area contributed by atoms with E-state index in [2.05, 4.69) is 232 Å². The van der Waals surface area contributed by atoms with E-state index in [4.69, 9.17) is 0 Å². The molecule has 0 aliphatic carbocycles. The van der Waals surface area contributed by atoms with Crippen molar-refractivity contribution >= 4 is 34.1 Å². The molecule has 0 N–H and O–H groups in total. The third kappa shape index (κ3) is 6.95. The van der Waals surface area contributed by atoms with Crippen molar-refractivity contribution in [1.29, 1.82) is 0 Å². The molecule has 0 atom stereocenters. The van der Waals surface area contributed by atoms with Crippen molar-refractivity contribution in [2.24, 2.45) is 0 Å². The van der Waals surface area contributed by atoms with Gasteiger partial charge in [0.15, 0.2) is 0 Å². The smallest absolute Gasteiger partial charge is 0.0490 e. The van der Waals surface area contributed by atoms with Gasteiger partial charge in [0, 0.05) is 34.1 Å². The maximum Gasteiger partial charge on any atom is 0.0490 e. The van der Waals surface area contributed by atoms with Crippen molar-refractivity contribution in [3.8, 4) is 33.4 Å². The lowest BCUT2D eigenvalue weighted by atomic mass is 9.94. The third-order valence-electron chi connectivity index (χ3n) is 10.4. The number of benzene rings is 8. The van der Waals surface area contributed by atoms with Gasteiger partial charge >= 0.3 is 0 Å². The first-order chi connectivity index (χ1) is 26.4. The van der Waals surface area contributed by atoms with Crippen molar-refractivity contribution in [2.45, 2.75) is 27.7 Å². The molecule has 0 amide bonds. The summed E-state index contributed by atoms with van der Waals surface area (Å²) >= 11 is 0. The lowest BCUT2D eigenvalue weighted by Gasteiger charge is -2.29. The molecule has 0 aliphatic rings. The van der Waals surface area contributed by atoms with Crippen molar-refractivity contribution in [3.05, 3.63) is 216 Å². The molecule has 0 aromatic heterocycles. The van der Waals surface area contributed by atoms with E-state index in [0.29, 0.717) is 0 Å². The number of hydrogen-bond donors (Lipinski definition) is 0. The van der Waals surface area contributed by atoms with Gasteiger partial charge in [-0.05, 0) is 144 Å². The molecule has 2 nitrogen and oxygen atoms in total. The highest BCUT2D eigenvalue weighted by Gasteiger charge is 2.19. The second-order valence-electron chi connectivity index (χ2n) is 14.1. The molecule has 0 fully saturated rings. The van der Waals surface area contributed by atoms with Gasteiger partial charge in [-0.15, -0.1) is 0 Å². The molecular weight excluding hydrogens is 653 g/mol. The zero-order valence-electron chi connectivity index (χ0n) is 31.4. The minimum absolute atomic E-state index is 1.13. The summed E-state index contributed by atoms with van der Waals surface area (Å²) in [5.41, 5.74) is 19.1. The van der Waals surface area contributed by atoms with Gasteiger partial charge in [-0.3, -0.25) is 0 Å². The second kappa shape index (κ2) is 15.1. The zero-order valence-corrected chi connectivity index (χ0v) is 31.4. The maximum atomic E-state index is 2.39. The van der Waals surface area contributed by atoms with Crippen LogP contribution in [0.25, 0.3) is 33.4 Å². The van der Waals surface area contributed by atoms with Crippen LogP contribution in [-0.4, -0.2) is 0 Å². The van der Waals surface area contributed by atoms with Crippen LogP contribution in [-0.2, 0) is 0 Å². The Bertz CT molecular complexity index is 2370. The van der Waals surface area contributed by atoms with E-state index < -0.39 is 0 Å². The van der Waals surface area contributed by atoms with Crippen LogP contribution in [0, 0.1) is 27.7 Å². The van der Waals surface area contributed by atoms with Crippen LogP contribution in [0.2, 0.25) is 0 Å². The molecular formula is C52H44N2. The Morgan fingerprint density at radius 1 is 0.259 bits per heavy atom. The summed E-state index contributed by atoms with van der Waals surface area (Å²) in [5.74, 6) is 0. The summed E-state index contributed by atoms with van der Waals surface area (Å²) in [7, 11) is 0. The van der Waals surface area contributed by atoms with E-state index in [9.17, 15) is 0 Å². The zero-order chi connectivity index (χ0) is 37.0. The summed E-state index contributed by atoms with van der Waals surface area (Å²) < 4.78 is 0. The fourth-order valence-electron chi connectivity index (χ4n) is 7.57. The molecule has 0 heterocycles. The molecule has 0 saturated heterocycles. The number of hydrogen-bond acceptors (Lipinski definition) is 2. The van der Waals surface area contributed by atoms with Gasteiger partial charge < -0.3 is 9.80 Å². The molecule has 8 rings (SSSR count). The molecule has 262 valence electrons. The average molecular weight is 697 g/mol. The summed E-state index contributed by atoms with van der Waals surface area (Å²) in [5, 5.41) is 0. The van der Waals surface area contributed by atoms with Gasteiger partial charge in [0.05, 0.1) is 0 Å². The second-order valence-corrected chi connectivity index (χ2v) is 14.1. The molecule has 8 aromatic rings. The monoisotopic (exact) mass is 696 g/mol. The first-order valence-electron chi connectivity index (χ1n) is 18.7. The van der Waals surface area contributed by atoms with Gasteiger partial charge in [0.1, 0.15) is 0 Å². The van der Waals surface area contributed by atoms with Crippen LogP contribution in [0.15, 0.2) is 194 Å². The highest BCUT2D eigenvalue weighted by atomic mass is 15.1. The van der Waals surface area contributed by atoms with Gasteiger partial charge in [0.25, 0.3) is 0 Å². The van der Waals surface area contributed by atoms with E-state index in [1.807, 2.05) is 0 Å². The molecule has 0 aliphatic heterocycles. The standard InChI is InChI=1S/C52H44N2/c1-37-17-11-13-27-51(37)53(45-25-15-23-43(35-45)41-19-7-5-8-20-41)47-29-31-49(39(3)33-47)50-32-30-48(34-40(50)4)54(52-28-14-12-18-38(52)2)46-26-16-24-44(36-46)42-21-9-6-10-22-42/h5-36H,1-4H3. The van der Waals surface area contributed by atoms with E-state index in [1.54, 1.807) is 0 Å². The Morgan fingerprint density at radius 3 is 1.00 bits per heavy atom. The van der Waals surface area contributed by atoms with Crippen molar-refractivity contribution in [1.82, 2.24) is 0 Å². The Kier molecular flexibility index (Phi) is 9.66. The van der Waals surface area contributed by atoms with Gasteiger partial charge in [-0.2, -0.15) is 0 Å². The molecule has 2 heteroatoms. The maximum absolute atomic E-state index is 2.39. The molecule has 0 radical (unpaired) electrons. The SMILES string of the molecule is Cc1cc(N(c2cccc(-c3ccccc3)c2)c2ccccc2C)ccc1-c1ccc(N(c2cccc(-c3ccccc3)c2)c2ccccc2C)cc1C. The van der Waals surface area contributed by atoms with Crippen LogP contribution in [0.4, 0.5) is 34.1 Å². The normalized spacial score (nSPS) is 11.0. The van der Waals surface area contributed by atoms with Crippen LogP contribution >= 0.6 is 0 Å². The Labute approximate surface area is 320 Å². The topological polar surface area (TPSA) is 6.48 Å². The summed E-state index contributed by atoms with van der Waals surface area (Å²) in [6, 6.07) is 70.0. The first kappa shape index (κ1) is 34.4. The number of aryl methyl sites for hydroxylation is 4. The van der Waals surface area contributed by atoms with Crippen LogP contribution in [0.3, 0.4) is 0 Å². The van der Waals surface area contributed by atoms with E-state index >= 15 is 0 Å². The van der Waals surface area contributed by atoms with Crippen LogP contribution in [0.1, 0.15) is 22.3 Å². The molecule has 0 spiro atoms. The third-order valence-corrected chi connectivity index (χ3v) is 10.4. The van der Waals surface area contributed by atoms with Crippen LogP contribution < -0.4 is 9.80 Å². The van der Waals surface area contributed by atoms with Gasteiger partial charge in [0.2, 0.25) is 0 Å².